The number of benzene rings is 2. The number of nitrogens with zero attached hydrogens (tertiary/aromatic N) is 3. The minimum absolute atomic E-state index is 0.838. The quantitative estimate of drug-likeness (QED) is 0.469. The van der Waals surface area contributed by atoms with Crippen LogP contribution in [0, 0.1) is 6.92 Å². The summed E-state index contributed by atoms with van der Waals surface area (Å²) in [6, 6.07) is 20.4. The molecule has 26 heavy (non-hydrogen) atoms. The molecule has 0 saturated carbocycles. The van der Waals surface area contributed by atoms with Crippen molar-refractivity contribution in [2.24, 2.45) is 0 Å². The fourth-order valence-electron chi connectivity index (χ4n) is 2.77. The van der Waals surface area contributed by atoms with Crippen molar-refractivity contribution in [1.82, 2.24) is 14.6 Å². The van der Waals surface area contributed by atoms with Crippen LogP contribution in [0.4, 0.5) is 0 Å². The number of fused-ring (bicyclic) bond motifs is 1. The van der Waals surface area contributed by atoms with Crippen LogP contribution in [0.2, 0.25) is 0 Å². The Balaban J connectivity index is 1.56. The van der Waals surface area contributed by atoms with Crippen molar-refractivity contribution >= 4 is 17.4 Å². The summed E-state index contributed by atoms with van der Waals surface area (Å²) in [6.07, 6.45) is 1.97. The summed E-state index contributed by atoms with van der Waals surface area (Å²) in [4.78, 5) is 4.66. The summed E-state index contributed by atoms with van der Waals surface area (Å²) in [5, 5.41) is 5.68. The molecular weight excluding hydrogens is 342 g/mol. The number of thioether (sulfide) groups is 1. The van der Waals surface area contributed by atoms with Crippen LogP contribution in [0.3, 0.4) is 0 Å². The molecule has 0 radical (unpaired) electrons. The van der Waals surface area contributed by atoms with Gasteiger partial charge >= 0.3 is 0 Å². The lowest BCUT2D eigenvalue weighted by Crippen LogP contribution is -1.92. The zero-order chi connectivity index (χ0) is 17.9. The molecule has 4 aromatic rings. The van der Waals surface area contributed by atoms with Crippen LogP contribution < -0.4 is 4.74 Å². The zero-order valence-electron chi connectivity index (χ0n) is 14.7. The highest BCUT2D eigenvalue weighted by molar-refractivity contribution is 7.98. The number of rotatable bonds is 5. The number of aromatic nitrogens is 3. The topological polar surface area (TPSA) is 39.4 Å². The molecule has 4 rings (SSSR count). The minimum Gasteiger partial charge on any atom is -0.497 e. The lowest BCUT2D eigenvalue weighted by Gasteiger charge is -2.04. The Morgan fingerprint density at radius 1 is 1.00 bits per heavy atom. The number of hydrogen-bond donors (Lipinski definition) is 0. The monoisotopic (exact) mass is 361 g/mol. The molecule has 0 spiro atoms. The van der Waals surface area contributed by atoms with Crippen LogP contribution in [0.25, 0.3) is 16.9 Å². The molecule has 2 aromatic heterocycles. The molecule has 2 aromatic carbocycles. The maximum Gasteiger partial charge on any atom is 0.154 e. The Bertz CT molecular complexity index is 1040. The second-order valence-electron chi connectivity index (χ2n) is 6.04. The van der Waals surface area contributed by atoms with Crippen LogP contribution >= 0.6 is 11.8 Å². The third kappa shape index (κ3) is 3.44. The van der Waals surface area contributed by atoms with Crippen LogP contribution in [0.5, 0.6) is 5.75 Å². The van der Waals surface area contributed by atoms with Crippen LogP contribution in [-0.2, 0) is 5.75 Å². The van der Waals surface area contributed by atoms with Gasteiger partial charge in [0.05, 0.1) is 19.0 Å². The smallest absolute Gasteiger partial charge is 0.154 e. The maximum atomic E-state index is 5.21. The first-order chi connectivity index (χ1) is 12.7. The number of ether oxygens (including phenoxy) is 1. The molecule has 0 saturated heterocycles. The van der Waals surface area contributed by atoms with Gasteiger partial charge in [0.2, 0.25) is 0 Å². The van der Waals surface area contributed by atoms with E-state index in [1.807, 2.05) is 47.1 Å². The molecule has 0 unspecified atom stereocenters. The first-order valence-corrected chi connectivity index (χ1v) is 9.40. The van der Waals surface area contributed by atoms with Gasteiger partial charge in [-0.15, -0.1) is 0 Å². The summed E-state index contributed by atoms with van der Waals surface area (Å²) in [6.45, 7) is 2.14. The highest BCUT2D eigenvalue weighted by atomic mass is 32.2. The zero-order valence-corrected chi connectivity index (χ0v) is 15.5. The van der Waals surface area contributed by atoms with E-state index in [1.54, 1.807) is 18.9 Å². The normalized spacial score (nSPS) is 11.0. The van der Waals surface area contributed by atoms with Gasteiger partial charge in [-0.2, -0.15) is 5.10 Å². The molecule has 2 heterocycles. The van der Waals surface area contributed by atoms with E-state index < -0.39 is 0 Å². The van der Waals surface area contributed by atoms with E-state index in [0.29, 0.717) is 0 Å². The van der Waals surface area contributed by atoms with Gasteiger partial charge in [0.1, 0.15) is 10.8 Å². The molecule has 130 valence electrons. The third-order valence-corrected chi connectivity index (χ3v) is 5.29. The molecule has 0 atom stereocenters. The number of imidazole rings is 1. The van der Waals surface area contributed by atoms with E-state index >= 15 is 0 Å². The predicted molar refractivity (Wildman–Crippen MR) is 106 cm³/mol. The Kier molecular flexibility index (Phi) is 4.63. The highest BCUT2D eigenvalue weighted by Crippen LogP contribution is 2.25. The van der Waals surface area contributed by atoms with Crippen LogP contribution in [0.1, 0.15) is 11.1 Å². The number of hydrogen-bond acceptors (Lipinski definition) is 4. The second-order valence-corrected chi connectivity index (χ2v) is 7.04. The summed E-state index contributed by atoms with van der Waals surface area (Å²) in [5.74, 6) is 1.75. The Morgan fingerprint density at radius 2 is 1.81 bits per heavy atom. The first kappa shape index (κ1) is 16.7. The number of methoxy groups -OCH3 is 1. The Morgan fingerprint density at radius 3 is 2.58 bits per heavy atom. The van der Waals surface area contributed by atoms with Gasteiger partial charge in [0.15, 0.2) is 5.65 Å². The van der Waals surface area contributed by atoms with Crippen molar-refractivity contribution in [3.63, 3.8) is 0 Å². The van der Waals surface area contributed by atoms with Crippen molar-refractivity contribution in [3.8, 4) is 17.0 Å². The van der Waals surface area contributed by atoms with Gasteiger partial charge < -0.3 is 4.74 Å². The Hall–Kier alpha value is -2.79. The molecule has 0 aliphatic rings. The van der Waals surface area contributed by atoms with Crippen molar-refractivity contribution in [2.75, 3.05) is 7.11 Å². The van der Waals surface area contributed by atoms with E-state index in [-0.39, 0.29) is 0 Å². The summed E-state index contributed by atoms with van der Waals surface area (Å²) >= 11 is 1.74. The largest absolute Gasteiger partial charge is 0.497 e. The van der Waals surface area contributed by atoms with Crippen LogP contribution in [0.15, 0.2) is 71.9 Å². The van der Waals surface area contributed by atoms with E-state index in [9.17, 15) is 0 Å². The van der Waals surface area contributed by atoms with E-state index in [0.717, 1.165) is 33.4 Å². The predicted octanol–water partition coefficient (Wildman–Crippen LogP) is 5.01. The molecule has 0 bridgehead atoms. The van der Waals surface area contributed by atoms with Crippen LogP contribution in [-0.4, -0.2) is 21.7 Å². The number of aryl methyl sites for hydroxylation is 1. The molecule has 0 aliphatic heterocycles. The summed E-state index contributed by atoms with van der Waals surface area (Å²) < 4.78 is 7.06. The van der Waals surface area contributed by atoms with Gasteiger partial charge in [-0.25, -0.2) is 9.50 Å². The first-order valence-electron chi connectivity index (χ1n) is 8.41. The van der Waals surface area contributed by atoms with E-state index in [1.165, 1.54) is 11.1 Å². The Labute approximate surface area is 156 Å². The minimum atomic E-state index is 0.838. The lowest BCUT2D eigenvalue weighted by molar-refractivity contribution is 0.415. The van der Waals surface area contributed by atoms with E-state index in [2.05, 4.69) is 36.2 Å². The second kappa shape index (κ2) is 7.22. The molecule has 0 aliphatic carbocycles. The van der Waals surface area contributed by atoms with Crippen molar-refractivity contribution in [1.29, 1.82) is 0 Å². The molecule has 5 heteroatoms. The standard InChI is InChI=1S/C21H19N3OS/c1-15-5-3-4-6-17(15)14-26-21-12-11-20-22-19(13-24(20)23-21)16-7-9-18(25-2)10-8-16/h3-13H,14H2,1-2H3. The third-order valence-electron chi connectivity index (χ3n) is 4.32. The molecule has 4 nitrogen and oxygen atoms in total. The van der Waals surface area contributed by atoms with Crippen molar-refractivity contribution in [2.45, 2.75) is 17.7 Å². The van der Waals surface area contributed by atoms with Gasteiger partial charge in [-0.3, -0.25) is 0 Å². The summed E-state index contributed by atoms with van der Waals surface area (Å²) in [7, 11) is 1.67. The average Bonchev–Trinajstić information content (AvgIpc) is 3.11. The maximum absolute atomic E-state index is 5.21. The molecule has 0 fully saturated rings. The highest BCUT2D eigenvalue weighted by Gasteiger charge is 2.07. The SMILES string of the molecule is COc1ccc(-c2cn3nc(SCc4ccccc4C)ccc3n2)cc1. The lowest BCUT2D eigenvalue weighted by atomic mass is 10.1. The fraction of sp³-hybridized carbons (Fsp3) is 0.143. The van der Waals surface area contributed by atoms with Gasteiger partial charge in [-0.05, 0) is 54.4 Å². The van der Waals surface area contributed by atoms with Gasteiger partial charge in [0.25, 0.3) is 0 Å². The van der Waals surface area contributed by atoms with Gasteiger partial charge in [-0.1, -0.05) is 36.0 Å². The molecule has 0 amide bonds. The summed E-state index contributed by atoms with van der Waals surface area (Å²) in [5.41, 5.74) is 5.44. The molecule has 0 N–H and O–H groups in total. The molecular formula is C21H19N3OS. The van der Waals surface area contributed by atoms with Crippen molar-refractivity contribution < 1.29 is 4.74 Å². The van der Waals surface area contributed by atoms with Gasteiger partial charge in [0, 0.05) is 11.3 Å². The van der Waals surface area contributed by atoms with E-state index in [4.69, 9.17) is 9.84 Å². The fourth-order valence-corrected chi connectivity index (χ4v) is 3.70. The average molecular weight is 361 g/mol. The van der Waals surface area contributed by atoms with Crippen molar-refractivity contribution in [3.05, 3.63) is 78.0 Å².